The molecule has 0 saturated carbocycles. The van der Waals surface area contributed by atoms with Gasteiger partial charge < -0.3 is 14.8 Å². The number of piperazine rings is 1. The fourth-order valence-corrected chi connectivity index (χ4v) is 2.49. The summed E-state index contributed by atoms with van der Waals surface area (Å²) >= 11 is 5.86. The molecule has 1 amide bonds. The SMILES string of the molecule is O=C(CCCCn1cc(Cl)ccc1=O)N1CCNCC1. The Morgan fingerprint density at radius 1 is 1.25 bits per heavy atom. The average Bonchev–Trinajstić information content (AvgIpc) is 2.47. The van der Waals surface area contributed by atoms with Crippen LogP contribution in [-0.2, 0) is 11.3 Å². The summed E-state index contributed by atoms with van der Waals surface area (Å²) in [7, 11) is 0. The molecule has 0 radical (unpaired) electrons. The fourth-order valence-electron chi connectivity index (χ4n) is 2.31. The maximum atomic E-state index is 11.9. The first-order valence-electron chi connectivity index (χ1n) is 7.01. The lowest BCUT2D eigenvalue weighted by atomic mass is 10.2. The number of nitrogens with zero attached hydrogens (tertiary/aromatic N) is 2. The van der Waals surface area contributed by atoms with Gasteiger partial charge in [-0.05, 0) is 18.9 Å². The maximum absolute atomic E-state index is 11.9. The van der Waals surface area contributed by atoms with Gasteiger partial charge in [0.05, 0.1) is 5.02 Å². The lowest BCUT2D eigenvalue weighted by Crippen LogP contribution is -2.46. The predicted octanol–water partition coefficient (Wildman–Crippen LogP) is 1.10. The van der Waals surface area contributed by atoms with Crippen molar-refractivity contribution in [2.24, 2.45) is 0 Å². The standard InChI is InChI=1S/C14H20ClN3O2/c15-12-4-5-14(20)18(11-12)8-2-1-3-13(19)17-9-6-16-7-10-17/h4-5,11,16H,1-3,6-10H2. The summed E-state index contributed by atoms with van der Waals surface area (Å²) in [4.78, 5) is 25.4. The summed E-state index contributed by atoms with van der Waals surface area (Å²) in [6.07, 6.45) is 3.79. The van der Waals surface area contributed by atoms with Crippen LogP contribution in [0.3, 0.4) is 0 Å². The molecule has 1 aliphatic rings. The highest BCUT2D eigenvalue weighted by Gasteiger charge is 2.15. The second-order valence-electron chi connectivity index (χ2n) is 4.97. The molecule has 1 saturated heterocycles. The summed E-state index contributed by atoms with van der Waals surface area (Å²) < 4.78 is 1.59. The first-order chi connectivity index (χ1) is 9.66. The molecule has 0 aliphatic carbocycles. The Bertz CT molecular complexity index is 509. The van der Waals surface area contributed by atoms with Crippen LogP contribution in [0.5, 0.6) is 0 Å². The van der Waals surface area contributed by atoms with Gasteiger partial charge in [0.2, 0.25) is 5.91 Å². The quantitative estimate of drug-likeness (QED) is 0.828. The molecule has 0 atom stereocenters. The van der Waals surface area contributed by atoms with Gasteiger partial charge in [-0.1, -0.05) is 11.6 Å². The molecule has 1 aliphatic heterocycles. The van der Waals surface area contributed by atoms with Crippen molar-refractivity contribution in [3.63, 3.8) is 0 Å². The number of halogens is 1. The van der Waals surface area contributed by atoms with Crippen molar-refractivity contribution in [2.75, 3.05) is 26.2 Å². The molecule has 0 unspecified atom stereocenters. The van der Waals surface area contributed by atoms with Crippen LogP contribution >= 0.6 is 11.6 Å². The summed E-state index contributed by atoms with van der Waals surface area (Å²) in [5, 5.41) is 3.78. The lowest BCUT2D eigenvalue weighted by molar-refractivity contribution is -0.131. The van der Waals surface area contributed by atoms with Gasteiger partial charge in [-0.2, -0.15) is 0 Å². The minimum atomic E-state index is -0.0529. The van der Waals surface area contributed by atoms with Gasteiger partial charge in [0.1, 0.15) is 0 Å². The van der Waals surface area contributed by atoms with Crippen LogP contribution in [0, 0.1) is 0 Å². The summed E-state index contributed by atoms with van der Waals surface area (Å²) in [6, 6.07) is 3.06. The highest BCUT2D eigenvalue weighted by molar-refractivity contribution is 6.30. The predicted molar refractivity (Wildman–Crippen MR) is 79.0 cm³/mol. The Balaban J connectivity index is 1.72. The van der Waals surface area contributed by atoms with Gasteiger partial charge in [0.25, 0.3) is 5.56 Å². The highest BCUT2D eigenvalue weighted by Crippen LogP contribution is 2.06. The number of nitrogens with one attached hydrogen (secondary N) is 1. The molecule has 1 aromatic rings. The van der Waals surface area contributed by atoms with E-state index in [1.165, 1.54) is 6.07 Å². The third-order valence-corrected chi connectivity index (χ3v) is 3.68. The van der Waals surface area contributed by atoms with E-state index in [1.807, 2.05) is 4.90 Å². The Morgan fingerprint density at radius 2 is 2.00 bits per heavy atom. The average molecular weight is 298 g/mol. The zero-order valence-corrected chi connectivity index (χ0v) is 12.2. The molecule has 0 spiro atoms. The van der Waals surface area contributed by atoms with Gasteiger partial charge in [-0.3, -0.25) is 9.59 Å². The number of carbonyl (C=O) groups is 1. The highest BCUT2D eigenvalue weighted by atomic mass is 35.5. The van der Waals surface area contributed by atoms with Crippen molar-refractivity contribution in [3.8, 4) is 0 Å². The van der Waals surface area contributed by atoms with Crippen LogP contribution in [0.25, 0.3) is 0 Å². The normalized spacial score (nSPS) is 15.3. The van der Waals surface area contributed by atoms with Gasteiger partial charge in [-0.25, -0.2) is 0 Å². The molecule has 1 aromatic heterocycles. The number of unbranched alkanes of at least 4 members (excludes halogenated alkanes) is 1. The van der Waals surface area contributed by atoms with Crippen molar-refractivity contribution in [3.05, 3.63) is 33.7 Å². The summed E-state index contributed by atoms with van der Waals surface area (Å²) in [6.45, 7) is 3.96. The Morgan fingerprint density at radius 3 is 2.75 bits per heavy atom. The van der Waals surface area contributed by atoms with Crippen molar-refractivity contribution in [2.45, 2.75) is 25.8 Å². The Kier molecular flexibility index (Phi) is 5.61. The van der Waals surface area contributed by atoms with E-state index in [-0.39, 0.29) is 11.5 Å². The van der Waals surface area contributed by atoms with Crippen molar-refractivity contribution < 1.29 is 4.79 Å². The van der Waals surface area contributed by atoms with E-state index in [0.29, 0.717) is 18.0 Å². The van der Waals surface area contributed by atoms with E-state index in [0.717, 1.165) is 39.0 Å². The van der Waals surface area contributed by atoms with Crippen LogP contribution < -0.4 is 10.9 Å². The molecule has 1 N–H and O–H groups in total. The summed E-state index contributed by atoms with van der Waals surface area (Å²) in [5.74, 6) is 0.213. The number of pyridine rings is 1. The second-order valence-corrected chi connectivity index (χ2v) is 5.40. The fraction of sp³-hybridized carbons (Fsp3) is 0.571. The number of rotatable bonds is 5. The molecule has 20 heavy (non-hydrogen) atoms. The van der Waals surface area contributed by atoms with Gasteiger partial charge >= 0.3 is 0 Å². The van der Waals surface area contributed by atoms with Crippen LogP contribution in [0.1, 0.15) is 19.3 Å². The van der Waals surface area contributed by atoms with Crippen molar-refractivity contribution in [1.82, 2.24) is 14.8 Å². The smallest absolute Gasteiger partial charge is 0.250 e. The van der Waals surface area contributed by atoms with Crippen LogP contribution in [0.4, 0.5) is 0 Å². The molecule has 5 nitrogen and oxygen atoms in total. The minimum absolute atomic E-state index is 0.0529. The van der Waals surface area contributed by atoms with Gasteiger partial charge in [-0.15, -0.1) is 0 Å². The largest absolute Gasteiger partial charge is 0.340 e. The van der Waals surface area contributed by atoms with E-state index in [2.05, 4.69) is 5.32 Å². The molecule has 110 valence electrons. The second kappa shape index (κ2) is 7.45. The molecule has 6 heteroatoms. The third kappa shape index (κ3) is 4.35. The van der Waals surface area contributed by atoms with Crippen molar-refractivity contribution >= 4 is 17.5 Å². The maximum Gasteiger partial charge on any atom is 0.250 e. The number of hydrogen-bond donors (Lipinski definition) is 1. The van der Waals surface area contributed by atoms with E-state index >= 15 is 0 Å². The number of aromatic nitrogens is 1. The zero-order valence-electron chi connectivity index (χ0n) is 11.5. The van der Waals surface area contributed by atoms with E-state index in [9.17, 15) is 9.59 Å². The molecule has 1 fully saturated rings. The van der Waals surface area contributed by atoms with Crippen LogP contribution in [0.15, 0.2) is 23.1 Å². The van der Waals surface area contributed by atoms with E-state index < -0.39 is 0 Å². The number of carbonyl (C=O) groups excluding carboxylic acids is 1. The first-order valence-corrected chi connectivity index (χ1v) is 7.39. The molecule has 2 rings (SSSR count). The monoisotopic (exact) mass is 297 g/mol. The molecule has 0 bridgehead atoms. The third-order valence-electron chi connectivity index (χ3n) is 3.46. The number of aryl methyl sites for hydroxylation is 1. The van der Waals surface area contributed by atoms with E-state index in [4.69, 9.17) is 11.6 Å². The van der Waals surface area contributed by atoms with E-state index in [1.54, 1.807) is 16.8 Å². The molecule has 0 aromatic carbocycles. The van der Waals surface area contributed by atoms with Crippen LogP contribution in [-0.4, -0.2) is 41.6 Å². The molecular weight excluding hydrogens is 278 g/mol. The lowest BCUT2D eigenvalue weighted by Gasteiger charge is -2.27. The minimum Gasteiger partial charge on any atom is -0.340 e. The number of hydrogen-bond acceptors (Lipinski definition) is 3. The molecule has 2 heterocycles. The molecular formula is C14H20ClN3O2. The van der Waals surface area contributed by atoms with Gasteiger partial charge in [0, 0.05) is 51.4 Å². The summed E-state index contributed by atoms with van der Waals surface area (Å²) in [5.41, 5.74) is -0.0529. The number of amides is 1. The van der Waals surface area contributed by atoms with Gasteiger partial charge in [0.15, 0.2) is 0 Å². The van der Waals surface area contributed by atoms with Crippen molar-refractivity contribution in [1.29, 1.82) is 0 Å². The topological polar surface area (TPSA) is 54.3 Å². The Hall–Kier alpha value is -1.33. The zero-order chi connectivity index (χ0) is 14.4. The Labute approximate surface area is 123 Å². The van der Waals surface area contributed by atoms with Crippen LogP contribution in [0.2, 0.25) is 5.02 Å². The first kappa shape index (κ1) is 15.1.